The Kier molecular flexibility index (Phi) is 6.51. The van der Waals surface area contributed by atoms with Crippen LogP contribution in [0, 0.1) is 13.8 Å². The van der Waals surface area contributed by atoms with Crippen molar-refractivity contribution < 1.29 is 23.9 Å². The molecular weight excluding hydrogens is 492 g/mol. The molecule has 3 aromatic rings. The van der Waals surface area contributed by atoms with Gasteiger partial charge in [0, 0.05) is 22.5 Å². The van der Waals surface area contributed by atoms with Crippen molar-refractivity contribution in [1.29, 1.82) is 0 Å². The minimum atomic E-state index is -0.825. The van der Waals surface area contributed by atoms with Crippen molar-refractivity contribution in [2.24, 2.45) is 0 Å². The summed E-state index contributed by atoms with van der Waals surface area (Å²) in [5, 5.41) is 3.03. The number of carbonyl (C=O) groups is 4. The number of aromatic nitrogens is 2. The summed E-state index contributed by atoms with van der Waals surface area (Å²) >= 11 is 1.59. The van der Waals surface area contributed by atoms with Gasteiger partial charge in [-0.3, -0.25) is 19.9 Å². The van der Waals surface area contributed by atoms with Crippen LogP contribution in [-0.4, -0.2) is 40.0 Å². The van der Waals surface area contributed by atoms with E-state index in [0.717, 1.165) is 52.5 Å². The monoisotopic (exact) mass is 518 g/mol. The predicted octanol–water partition coefficient (Wildman–Crippen LogP) is 4.27. The highest BCUT2D eigenvalue weighted by molar-refractivity contribution is 7.15. The second-order valence-corrected chi connectivity index (χ2v) is 10.0. The Bertz CT molecular complexity index is 1470. The highest BCUT2D eigenvalue weighted by Gasteiger charge is 2.37. The highest BCUT2D eigenvalue weighted by Crippen LogP contribution is 2.39. The van der Waals surface area contributed by atoms with Gasteiger partial charge in [0.25, 0.3) is 11.8 Å². The maximum Gasteiger partial charge on any atom is 0.341 e. The Morgan fingerprint density at radius 2 is 2.00 bits per heavy atom. The number of anilines is 1. The third-order valence-corrected chi connectivity index (χ3v) is 7.89. The number of fused-ring (bicyclic) bond motifs is 1. The Hall–Kier alpha value is -4.05. The zero-order valence-corrected chi connectivity index (χ0v) is 21.6. The number of barbiturate groups is 1. The molecule has 1 N–H and O–H groups in total. The van der Waals surface area contributed by atoms with Crippen LogP contribution >= 0.6 is 11.3 Å². The van der Waals surface area contributed by atoms with Crippen molar-refractivity contribution in [3.05, 3.63) is 69.1 Å². The van der Waals surface area contributed by atoms with E-state index in [1.165, 1.54) is 23.3 Å². The molecule has 190 valence electrons. The number of urea groups is 1. The average molecular weight is 519 g/mol. The zero-order valence-electron chi connectivity index (χ0n) is 20.8. The van der Waals surface area contributed by atoms with Crippen LogP contribution < -0.4 is 10.2 Å². The Morgan fingerprint density at radius 1 is 1.22 bits per heavy atom. The average Bonchev–Trinajstić information content (AvgIpc) is 3.38. The molecule has 3 aromatic heterocycles. The molecule has 0 aromatic carbocycles. The number of carbonyl (C=O) groups excluding carboxylic acids is 4. The van der Waals surface area contributed by atoms with Crippen molar-refractivity contribution in [3.8, 4) is 5.00 Å². The molecule has 0 unspecified atom stereocenters. The van der Waals surface area contributed by atoms with E-state index in [0.29, 0.717) is 11.1 Å². The van der Waals surface area contributed by atoms with E-state index in [1.54, 1.807) is 30.4 Å². The molecule has 4 heterocycles. The maximum absolute atomic E-state index is 13.3. The summed E-state index contributed by atoms with van der Waals surface area (Å²) in [5.74, 6) is -1.83. The quantitative estimate of drug-likeness (QED) is 0.307. The largest absolute Gasteiger partial charge is 0.462 e. The molecule has 1 saturated heterocycles. The van der Waals surface area contributed by atoms with Gasteiger partial charge in [-0.2, -0.15) is 0 Å². The first-order valence-corrected chi connectivity index (χ1v) is 13.0. The normalized spacial score (nSPS) is 16.7. The van der Waals surface area contributed by atoms with Gasteiger partial charge >= 0.3 is 12.0 Å². The topological polar surface area (TPSA) is 111 Å². The van der Waals surface area contributed by atoms with Crippen LogP contribution in [-0.2, 0) is 27.2 Å². The van der Waals surface area contributed by atoms with Gasteiger partial charge in [-0.25, -0.2) is 14.5 Å². The molecule has 1 aliphatic heterocycles. The van der Waals surface area contributed by atoms with Gasteiger partial charge in [0.15, 0.2) is 0 Å². The van der Waals surface area contributed by atoms with Gasteiger partial charge in [-0.05, 0) is 81.9 Å². The SMILES string of the molecule is CCOC(=O)c1c(-n2c(C)cc(/C=C3\C(=O)NC(=O)N(c4cccnc4)C3=O)c2C)sc2c1CCCC2. The van der Waals surface area contributed by atoms with Gasteiger partial charge in [0.1, 0.15) is 10.6 Å². The molecule has 0 bridgehead atoms. The number of aryl methyl sites for hydroxylation is 2. The first-order chi connectivity index (χ1) is 17.8. The summed E-state index contributed by atoms with van der Waals surface area (Å²) in [6, 6.07) is 4.21. The van der Waals surface area contributed by atoms with Gasteiger partial charge in [-0.1, -0.05) is 0 Å². The van der Waals surface area contributed by atoms with E-state index in [4.69, 9.17) is 4.74 Å². The summed E-state index contributed by atoms with van der Waals surface area (Å²) < 4.78 is 7.40. The lowest BCUT2D eigenvalue weighted by atomic mass is 9.95. The minimum absolute atomic E-state index is 0.167. The summed E-state index contributed by atoms with van der Waals surface area (Å²) in [7, 11) is 0. The second kappa shape index (κ2) is 9.78. The zero-order chi connectivity index (χ0) is 26.3. The van der Waals surface area contributed by atoms with Gasteiger partial charge in [-0.15, -0.1) is 11.3 Å². The number of pyridine rings is 1. The molecule has 0 radical (unpaired) electrons. The lowest BCUT2D eigenvalue weighted by Crippen LogP contribution is -2.54. The molecule has 37 heavy (non-hydrogen) atoms. The Morgan fingerprint density at radius 3 is 2.73 bits per heavy atom. The number of rotatable bonds is 5. The number of esters is 1. The Labute approximate surface area is 217 Å². The van der Waals surface area contributed by atoms with Crippen molar-refractivity contribution in [2.75, 3.05) is 11.5 Å². The summed E-state index contributed by atoms with van der Waals surface area (Å²) in [6.45, 7) is 5.87. The molecular formula is C27H26N4O5S. The molecule has 9 nitrogen and oxygen atoms in total. The number of hydrogen-bond donors (Lipinski definition) is 1. The van der Waals surface area contributed by atoms with Crippen molar-refractivity contribution in [2.45, 2.75) is 46.5 Å². The smallest absolute Gasteiger partial charge is 0.341 e. The lowest BCUT2D eigenvalue weighted by molar-refractivity contribution is -0.122. The fourth-order valence-corrected chi connectivity index (χ4v) is 6.39. The van der Waals surface area contributed by atoms with Crippen LogP contribution in [0.2, 0.25) is 0 Å². The maximum atomic E-state index is 13.3. The van der Waals surface area contributed by atoms with Crippen LogP contribution in [0.4, 0.5) is 10.5 Å². The third kappa shape index (κ3) is 4.27. The van der Waals surface area contributed by atoms with Crippen LogP contribution in [0.5, 0.6) is 0 Å². The Balaban J connectivity index is 1.59. The minimum Gasteiger partial charge on any atom is -0.462 e. The number of nitrogens with zero attached hydrogens (tertiary/aromatic N) is 3. The van der Waals surface area contributed by atoms with Gasteiger partial charge in [0.2, 0.25) is 0 Å². The van der Waals surface area contributed by atoms with E-state index in [9.17, 15) is 19.2 Å². The number of amides is 4. The van der Waals surface area contributed by atoms with Crippen molar-refractivity contribution >= 4 is 46.9 Å². The third-order valence-electron chi connectivity index (χ3n) is 6.61. The van der Waals surface area contributed by atoms with Crippen molar-refractivity contribution in [3.63, 3.8) is 0 Å². The number of thiophene rings is 1. The molecule has 4 amide bonds. The number of nitrogens with one attached hydrogen (secondary N) is 1. The highest BCUT2D eigenvalue weighted by atomic mass is 32.1. The van der Waals surface area contributed by atoms with Gasteiger partial charge in [0.05, 0.1) is 24.1 Å². The molecule has 0 saturated carbocycles. The number of ether oxygens (including phenoxy) is 1. The summed E-state index contributed by atoms with van der Waals surface area (Å²) in [4.78, 5) is 57.5. The molecule has 2 aliphatic rings. The summed E-state index contributed by atoms with van der Waals surface area (Å²) in [6.07, 6.45) is 8.27. The first kappa shape index (κ1) is 24.6. The molecule has 0 spiro atoms. The van der Waals surface area contributed by atoms with E-state index < -0.39 is 17.8 Å². The van der Waals surface area contributed by atoms with Crippen molar-refractivity contribution in [1.82, 2.24) is 14.9 Å². The molecule has 10 heteroatoms. The van der Waals surface area contributed by atoms with Gasteiger partial charge < -0.3 is 9.30 Å². The van der Waals surface area contributed by atoms with E-state index in [2.05, 4.69) is 10.3 Å². The van der Waals surface area contributed by atoms with E-state index >= 15 is 0 Å². The predicted molar refractivity (Wildman–Crippen MR) is 139 cm³/mol. The lowest BCUT2D eigenvalue weighted by Gasteiger charge is -2.26. The van der Waals surface area contributed by atoms with Crippen LogP contribution in [0.15, 0.2) is 36.2 Å². The van der Waals surface area contributed by atoms with Crippen LogP contribution in [0.3, 0.4) is 0 Å². The van der Waals surface area contributed by atoms with E-state index in [-0.39, 0.29) is 23.8 Å². The second-order valence-electron chi connectivity index (χ2n) is 8.94. The van der Waals surface area contributed by atoms with E-state index in [1.807, 2.05) is 24.5 Å². The number of imide groups is 2. The fraction of sp³-hybridized carbons (Fsp3) is 0.296. The molecule has 1 aliphatic carbocycles. The van der Waals surface area contributed by atoms with Crippen LogP contribution in [0.25, 0.3) is 11.1 Å². The standard InChI is InChI=1S/C27H26N4O5S/c1-4-36-26(34)22-19-9-5-6-10-21(19)37-25(22)30-15(2)12-17(16(30)3)13-20-23(32)29-27(35)31(24(20)33)18-8-7-11-28-14-18/h7-8,11-14H,4-6,9-10H2,1-3H3,(H,29,32,35)/b20-13+. The molecule has 0 atom stereocenters. The first-order valence-electron chi connectivity index (χ1n) is 12.1. The molecule has 1 fully saturated rings. The fourth-order valence-electron chi connectivity index (χ4n) is 4.90. The summed E-state index contributed by atoms with van der Waals surface area (Å²) in [5.41, 5.74) is 4.00. The molecule has 5 rings (SSSR count). The number of hydrogen-bond acceptors (Lipinski definition) is 7. The van der Waals surface area contributed by atoms with Crippen LogP contribution in [0.1, 0.15) is 57.5 Å².